The predicted molar refractivity (Wildman–Crippen MR) is 95.3 cm³/mol. The van der Waals surface area contributed by atoms with Gasteiger partial charge in [0, 0.05) is 6.07 Å². The number of ether oxygens (including phenoxy) is 5. The molecule has 0 atom stereocenters. The third kappa shape index (κ3) is 4.02. The highest BCUT2D eigenvalue weighted by atomic mass is 16.6. The summed E-state index contributed by atoms with van der Waals surface area (Å²) in [4.78, 5) is 23.5. The zero-order chi connectivity index (χ0) is 20.0. The van der Waals surface area contributed by atoms with Crippen LogP contribution in [0.3, 0.4) is 0 Å². The van der Waals surface area contributed by atoms with E-state index in [0.717, 1.165) is 0 Å². The molecule has 0 aliphatic rings. The van der Waals surface area contributed by atoms with Crippen LogP contribution in [0.25, 0.3) is 0 Å². The Balaban J connectivity index is 2.57. The molecule has 0 bridgehead atoms. The molecule has 0 aliphatic carbocycles. The maximum Gasteiger partial charge on any atom is 0.351 e. The summed E-state index contributed by atoms with van der Waals surface area (Å²) in [6.07, 6.45) is 0. The average Bonchev–Trinajstić information content (AvgIpc) is 2.67. The second kappa shape index (κ2) is 8.75. The first-order valence-corrected chi connectivity index (χ1v) is 7.89. The van der Waals surface area contributed by atoms with Crippen LogP contribution in [0.2, 0.25) is 0 Å². The number of hydrogen-bond acceptors (Lipinski definition) is 8. The van der Waals surface area contributed by atoms with Gasteiger partial charge in [-0.3, -0.25) is 10.1 Å². The van der Waals surface area contributed by atoms with Gasteiger partial charge < -0.3 is 23.7 Å². The molecule has 0 radical (unpaired) electrons. The number of benzene rings is 2. The fourth-order valence-corrected chi connectivity index (χ4v) is 2.44. The van der Waals surface area contributed by atoms with E-state index in [-0.39, 0.29) is 28.6 Å². The molecule has 2 rings (SSSR count). The van der Waals surface area contributed by atoms with Gasteiger partial charge in [-0.15, -0.1) is 0 Å². The minimum atomic E-state index is -0.965. The molecule has 27 heavy (non-hydrogen) atoms. The quantitative estimate of drug-likeness (QED) is 0.299. The van der Waals surface area contributed by atoms with E-state index in [9.17, 15) is 14.9 Å². The molecule has 9 nitrogen and oxygen atoms in total. The Morgan fingerprint density at radius 2 is 1.63 bits per heavy atom. The number of nitro groups is 1. The van der Waals surface area contributed by atoms with E-state index in [1.54, 1.807) is 25.1 Å². The predicted octanol–water partition coefficient (Wildman–Crippen LogP) is 3.24. The summed E-state index contributed by atoms with van der Waals surface area (Å²) in [6.45, 7) is 2.14. The maximum absolute atomic E-state index is 12.7. The van der Waals surface area contributed by atoms with Crippen LogP contribution in [0.15, 0.2) is 30.3 Å². The molecule has 0 aliphatic heterocycles. The number of rotatable bonds is 8. The number of nitrogens with zero attached hydrogens (tertiary/aromatic N) is 1. The van der Waals surface area contributed by atoms with Crippen LogP contribution in [0.4, 0.5) is 5.69 Å². The van der Waals surface area contributed by atoms with E-state index in [4.69, 9.17) is 23.7 Å². The van der Waals surface area contributed by atoms with Gasteiger partial charge in [0.2, 0.25) is 11.5 Å². The highest BCUT2D eigenvalue weighted by Crippen LogP contribution is 2.46. The third-order valence-corrected chi connectivity index (χ3v) is 3.56. The molecule has 0 N–H and O–H groups in total. The van der Waals surface area contributed by atoms with E-state index in [0.29, 0.717) is 12.4 Å². The van der Waals surface area contributed by atoms with Gasteiger partial charge in [-0.25, -0.2) is 4.79 Å². The summed E-state index contributed by atoms with van der Waals surface area (Å²) in [5.41, 5.74) is -0.935. The van der Waals surface area contributed by atoms with Crippen molar-refractivity contribution in [2.45, 2.75) is 6.92 Å². The first-order valence-electron chi connectivity index (χ1n) is 7.89. The molecule has 0 aromatic heterocycles. The van der Waals surface area contributed by atoms with Gasteiger partial charge >= 0.3 is 11.7 Å². The Morgan fingerprint density at radius 3 is 2.15 bits per heavy atom. The van der Waals surface area contributed by atoms with Crippen molar-refractivity contribution in [2.75, 3.05) is 27.9 Å². The molecule has 144 valence electrons. The lowest BCUT2D eigenvalue weighted by Crippen LogP contribution is -2.13. The van der Waals surface area contributed by atoms with E-state index in [1.807, 2.05) is 0 Å². The van der Waals surface area contributed by atoms with Crippen molar-refractivity contribution < 1.29 is 33.4 Å². The molecule has 0 unspecified atom stereocenters. The van der Waals surface area contributed by atoms with Crippen molar-refractivity contribution in [3.05, 3.63) is 46.0 Å². The second-order valence-corrected chi connectivity index (χ2v) is 5.07. The fourth-order valence-electron chi connectivity index (χ4n) is 2.44. The Hall–Kier alpha value is -3.49. The molecule has 0 heterocycles. The highest BCUT2D eigenvalue weighted by molar-refractivity contribution is 5.98. The van der Waals surface area contributed by atoms with Crippen LogP contribution in [0, 0.1) is 10.1 Å². The van der Waals surface area contributed by atoms with E-state index in [1.165, 1.54) is 33.5 Å². The Labute approximate surface area is 155 Å². The van der Waals surface area contributed by atoms with Gasteiger partial charge in [-0.05, 0) is 19.1 Å². The number of para-hydroxylation sites is 2. The minimum Gasteiger partial charge on any atom is -0.493 e. The van der Waals surface area contributed by atoms with Crippen molar-refractivity contribution in [1.82, 2.24) is 0 Å². The fraction of sp³-hybridized carbons (Fsp3) is 0.278. The first-order chi connectivity index (χ1) is 13.0. The SMILES string of the molecule is CCOc1ccccc1OC(=O)c1cc(OC)c(OC)c(OC)c1[N+](=O)[O-]. The summed E-state index contributed by atoms with van der Waals surface area (Å²) >= 11 is 0. The van der Waals surface area contributed by atoms with Crippen LogP contribution in [0.1, 0.15) is 17.3 Å². The normalized spacial score (nSPS) is 10.1. The molecular weight excluding hydrogens is 358 g/mol. The average molecular weight is 377 g/mol. The first kappa shape index (κ1) is 19.8. The van der Waals surface area contributed by atoms with Crippen molar-refractivity contribution in [3.63, 3.8) is 0 Å². The summed E-state index contributed by atoms with van der Waals surface area (Å²) < 4.78 is 26.1. The minimum absolute atomic E-state index is 0.00188. The number of hydrogen-bond donors (Lipinski definition) is 0. The molecule has 2 aromatic carbocycles. The number of carbonyl (C=O) groups is 1. The lowest BCUT2D eigenvalue weighted by atomic mass is 10.1. The van der Waals surface area contributed by atoms with E-state index < -0.39 is 16.6 Å². The molecule has 9 heteroatoms. The zero-order valence-corrected chi connectivity index (χ0v) is 15.3. The molecule has 0 fully saturated rings. The number of esters is 1. The summed E-state index contributed by atoms with van der Waals surface area (Å²) in [7, 11) is 3.87. The highest BCUT2D eigenvalue weighted by Gasteiger charge is 2.33. The van der Waals surface area contributed by atoms with Gasteiger partial charge in [0.25, 0.3) is 0 Å². The number of carbonyl (C=O) groups excluding carboxylic acids is 1. The Morgan fingerprint density at radius 1 is 1.00 bits per heavy atom. The topological polar surface area (TPSA) is 106 Å². The van der Waals surface area contributed by atoms with Crippen molar-refractivity contribution in [3.8, 4) is 28.7 Å². The van der Waals surface area contributed by atoms with Crippen LogP contribution >= 0.6 is 0 Å². The van der Waals surface area contributed by atoms with Crippen LogP contribution < -0.4 is 23.7 Å². The second-order valence-electron chi connectivity index (χ2n) is 5.07. The number of methoxy groups -OCH3 is 3. The standard InChI is InChI=1S/C18H19NO8/c1-5-26-12-8-6-7-9-13(12)27-18(20)11-10-14(23-2)16(24-3)17(25-4)15(11)19(21)22/h6-10H,5H2,1-4H3. The molecule has 0 saturated heterocycles. The van der Waals surface area contributed by atoms with E-state index >= 15 is 0 Å². The van der Waals surface area contributed by atoms with Gasteiger partial charge in [-0.1, -0.05) is 12.1 Å². The Bertz CT molecular complexity index is 849. The van der Waals surface area contributed by atoms with Crippen LogP contribution in [-0.2, 0) is 0 Å². The molecule has 0 amide bonds. The van der Waals surface area contributed by atoms with Gasteiger partial charge in [-0.2, -0.15) is 0 Å². The molecule has 0 spiro atoms. The zero-order valence-electron chi connectivity index (χ0n) is 15.3. The lowest BCUT2D eigenvalue weighted by Gasteiger charge is -2.15. The smallest absolute Gasteiger partial charge is 0.351 e. The van der Waals surface area contributed by atoms with Gasteiger partial charge in [0.15, 0.2) is 17.2 Å². The Kier molecular flexibility index (Phi) is 6.42. The van der Waals surface area contributed by atoms with Crippen molar-refractivity contribution in [1.29, 1.82) is 0 Å². The summed E-state index contributed by atoms with van der Waals surface area (Å²) in [5.74, 6) is -0.654. The van der Waals surface area contributed by atoms with Crippen LogP contribution in [-0.4, -0.2) is 38.8 Å². The molecule has 2 aromatic rings. The van der Waals surface area contributed by atoms with Crippen molar-refractivity contribution in [2.24, 2.45) is 0 Å². The summed E-state index contributed by atoms with van der Waals surface area (Å²) in [6, 6.07) is 7.67. The summed E-state index contributed by atoms with van der Waals surface area (Å²) in [5, 5.41) is 11.6. The van der Waals surface area contributed by atoms with Gasteiger partial charge in [0.05, 0.1) is 32.9 Å². The lowest BCUT2D eigenvalue weighted by molar-refractivity contribution is -0.386. The van der Waals surface area contributed by atoms with Crippen molar-refractivity contribution >= 4 is 11.7 Å². The van der Waals surface area contributed by atoms with E-state index in [2.05, 4.69) is 0 Å². The monoisotopic (exact) mass is 377 g/mol. The number of nitro benzene ring substituents is 1. The third-order valence-electron chi connectivity index (χ3n) is 3.56. The van der Waals surface area contributed by atoms with Crippen LogP contribution in [0.5, 0.6) is 28.7 Å². The largest absolute Gasteiger partial charge is 0.493 e. The maximum atomic E-state index is 12.7. The molecule has 0 saturated carbocycles. The van der Waals surface area contributed by atoms with Gasteiger partial charge in [0.1, 0.15) is 5.56 Å². The molecular formula is C18H19NO8.